The SMILES string of the molecule is COc1ccc(CCN(Cc2ccccc2)CC(O)COc2ccc(OCc3ccccc3)cc2)cc1OC. The Morgan fingerprint density at radius 1 is 0.667 bits per heavy atom. The lowest BCUT2D eigenvalue weighted by molar-refractivity contribution is 0.0659. The first-order valence-electron chi connectivity index (χ1n) is 13.2. The van der Waals surface area contributed by atoms with Crippen LogP contribution in [0.4, 0.5) is 0 Å². The molecule has 6 nitrogen and oxygen atoms in total. The molecule has 0 heterocycles. The fraction of sp³-hybridized carbons (Fsp3) is 0.273. The third-order valence-electron chi connectivity index (χ3n) is 6.40. The molecule has 0 aromatic heterocycles. The molecule has 0 bridgehead atoms. The second-order valence-corrected chi connectivity index (χ2v) is 9.37. The van der Waals surface area contributed by atoms with Crippen molar-refractivity contribution in [1.82, 2.24) is 4.90 Å². The molecule has 0 radical (unpaired) electrons. The highest BCUT2D eigenvalue weighted by atomic mass is 16.5. The standard InChI is InChI=1S/C33H37NO5/c1-36-32-18-13-26(21-33(32)37-2)19-20-34(22-27-9-5-3-6-10-27)23-29(35)25-39-31-16-14-30(15-17-31)38-24-28-11-7-4-8-12-28/h3-18,21,29,35H,19-20,22-25H2,1-2H3. The molecule has 39 heavy (non-hydrogen) atoms. The van der Waals surface area contributed by atoms with Crippen LogP contribution in [0.2, 0.25) is 0 Å². The molecule has 4 aromatic carbocycles. The number of methoxy groups -OCH3 is 2. The number of rotatable bonds is 15. The molecule has 0 aliphatic rings. The van der Waals surface area contributed by atoms with E-state index >= 15 is 0 Å². The van der Waals surface area contributed by atoms with Crippen molar-refractivity contribution in [2.24, 2.45) is 0 Å². The molecule has 1 unspecified atom stereocenters. The predicted molar refractivity (Wildman–Crippen MR) is 154 cm³/mol. The van der Waals surface area contributed by atoms with Gasteiger partial charge in [-0.15, -0.1) is 0 Å². The zero-order valence-electron chi connectivity index (χ0n) is 22.7. The van der Waals surface area contributed by atoms with Gasteiger partial charge in [0.25, 0.3) is 0 Å². The van der Waals surface area contributed by atoms with Crippen LogP contribution in [-0.4, -0.2) is 50.0 Å². The molecular formula is C33H37NO5. The summed E-state index contributed by atoms with van der Waals surface area (Å²) in [6.07, 6.45) is 0.165. The summed E-state index contributed by atoms with van der Waals surface area (Å²) >= 11 is 0. The lowest BCUT2D eigenvalue weighted by Crippen LogP contribution is -2.36. The average molecular weight is 528 g/mol. The van der Waals surface area contributed by atoms with Crippen LogP contribution < -0.4 is 18.9 Å². The first-order chi connectivity index (χ1) is 19.1. The third-order valence-corrected chi connectivity index (χ3v) is 6.40. The normalized spacial score (nSPS) is 11.7. The van der Waals surface area contributed by atoms with Gasteiger partial charge < -0.3 is 24.1 Å². The van der Waals surface area contributed by atoms with E-state index in [1.807, 2.05) is 84.9 Å². The zero-order chi connectivity index (χ0) is 27.3. The predicted octanol–water partition coefficient (Wildman–Crippen LogP) is 5.77. The minimum Gasteiger partial charge on any atom is -0.493 e. The fourth-order valence-electron chi connectivity index (χ4n) is 4.32. The summed E-state index contributed by atoms with van der Waals surface area (Å²) in [5.74, 6) is 2.90. The Balaban J connectivity index is 1.30. The van der Waals surface area contributed by atoms with E-state index < -0.39 is 6.10 Å². The number of benzene rings is 4. The molecule has 1 atom stereocenters. The summed E-state index contributed by atoms with van der Waals surface area (Å²) < 4.78 is 22.6. The van der Waals surface area contributed by atoms with Crippen molar-refractivity contribution in [2.75, 3.05) is 33.9 Å². The van der Waals surface area contributed by atoms with Crippen molar-refractivity contribution >= 4 is 0 Å². The number of aliphatic hydroxyl groups excluding tert-OH is 1. The molecule has 0 fully saturated rings. The minimum atomic E-state index is -0.645. The maximum Gasteiger partial charge on any atom is 0.160 e. The summed E-state index contributed by atoms with van der Waals surface area (Å²) in [7, 11) is 3.28. The quantitative estimate of drug-likeness (QED) is 0.212. The van der Waals surface area contributed by atoms with E-state index in [2.05, 4.69) is 23.1 Å². The van der Waals surface area contributed by atoms with Crippen molar-refractivity contribution in [1.29, 1.82) is 0 Å². The van der Waals surface area contributed by atoms with Gasteiger partial charge in [0.15, 0.2) is 11.5 Å². The highest BCUT2D eigenvalue weighted by Gasteiger charge is 2.14. The lowest BCUT2D eigenvalue weighted by atomic mass is 10.1. The Bertz CT molecular complexity index is 1250. The molecule has 204 valence electrons. The summed E-state index contributed by atoms with van der Waals surface area (Å²) in [6.45, 7) is 2.71. The van der Waals surface area contributed by atoms with E-state index in [1.54, 1.807) is 14.2 Å². The Morgan fingerprint density at radius 2 is 1.28 bits per heavy atom. The smallest absolute Gasteiger partial charge is 0.160 e. The van der Waals surface area contributed by atoms with Gasteiger partial charge in [-0.25, -0.2) is 0 Å². The van der Waals surface area contributed by atoms with E-state index in [0.717, 1.165) is 42.1 Å². The molecule has 4 rings (SSSR count). The molecule has 6 heteroatoms. The third kappa shape index (κ3) is 9.06. The van der Waals surface area contributed by atoms with Crippen molar-refractivity contribution in [3.05, 3.63) is 120 Å². The molecule has 0 spiro atoms. The van der Waals surface area contributed by atoms with Gasteiger partial charge >= 0.3 is 0 Å². The van der Waals surface area contributed by atoms with Gasteiger partial charge in [0.05, 0.1) is 14.2 Å². The Hall–Kier alpha value is -4.00. The number of aliphatic hydroxyl groups is 1. The van der Waals surface area contributed by atoms with E-state index in [-0.39, 0.29) is 6.61 Å². The van der Waals surface area contributed by atoms with Crippen LogP contribution in [0.5, 0.6) is 23.0 Å². The number of hydrogen-bond donors (Lipinski definition) is 1. The number of nitrogens with zero attached hydrogens (tertiary/aromatic N) is 1. The van der Waals surface area contributed by atoms with Crippen LogP contribution >= 0.6 is 0 Å². The van der Waals surface area contributed by atoms with Crippen LogP contribution in [0, 0.1) is 0 Å². The molecule has 0 amide bonds. The van der Waals surface area contributed by atoms with Crippen LogP contribution in [0.1, 0.15) is 16.7 Å². The van der Waals surface area contributed by atoms with Crippen LogP contribution in [-0.2, 0) is 19.6 Å². The highest BCUT2D eigenvalue weighted by molar-refractivity contribution is 5.43. The van der Waals surface area contributed by atoms with Crippen molar-refractivity contribution < 1.29 is 24.1 Å². The second kappa shape index (κ2) is 14.8. The average Bonchev–Trinajstić information content (AvgIpc) is 2.99. The lowest BCUT2D eigenvalue weighted by Gasteiger charge is -2.25. The van der Waals surface area contributed by atoms with Gasteiger partial charge in [0.1, 0.15) is 30.8 Å². The summed E-state index contributed by atoms with van der Waals surface area (Å²) in [6, 6.07) is 33.8. The van der Waals surface area contributed by atoms with E-state index in [1.165, 1.54) is 5.56 Å². The van der Waals surface area contributed by atoms with Gasteiger partial charge in [-0.1, -0.05) is 66.7 Å². The monoisotopic (exact) mass is 527 g/mol. The van der Waals surface area contributed by atoms with E-state index in [9.17, 15) is 5.11 Å². The number of ether oxygens (including phenoxy) is 4. The van der Waals surface area contributed by atoms with Gasteiger partial charge in [0, 0.05) is 19.6 Å². The van der Waals surface area contributed by atoms with Crippen LogP contribution in [0.25, 0.3) is 0 Å². The van der Waals surface area contributed by atoms with Gasteiger partial charge in [0.2, 0.25) is 0 Å². The second-order valence-electron chi connectivity index (χ2n) is 9.37. The summed E-state index contributed by atoms with van der Waals surface area (Å²) in [5, 5.41) is 10.8. The van der Waals surface area contributed by atoms with Gasteiger partial charge in [-0.05, 0) is 59.5 Å². The Morgan fingerprint density at radius 3 is 1.92 bits per heavy atom. The van der Waals surface area contributed by atoms with Crippen molar-refractivity contribution in [2.45, 2.75) is 25.7 Å². The van der Waals surface area contributed by atoms with Crippen LogP contribution in [0.15, 0.2) is 103 Å². The first-order valence-corrected chi connectivity index (χ1v) is 13.2. The molecule has 0 saturated carbocycles. The van der Waals surface area contributed by atoms with E-state index in [4.69, 9.17) is 18.9 Å². The first kappa shape index (κ1) is 28.0. The zero-order valence-corrected chi connectivity index (χ0v) is 22.7. The molecule has 0 aliphatic heterocycles. The maximum atomic E-state index is 10.8. The summed E-state index contributed by atoms with van der Waals surface area (Å²) in [4.78, 5) is 2.25. The van der Waals surface area contributed by atoms with Gasteiger partial charge in [-0.3, -0.25) is 4.90 Å². The topological polar surface area (TPSA) is 60.4 Å². The van der Waals surface area contributed by atoms with E-state index in [0.29, 0.717) is 24.7 Å². The molecule has 4 aromatic rings. The Labute approximate surface area is 231 Å². The Kier molecular flexibility index (Phi) is 10.6. The van der Waals surface area contributed by atoms with Crippen LogP contribution in [0.3, 0.4) is 0 Å². The highest BCUT2D eigenvalue weighted by Crippen LogP contribution is 2.28. The van der Waals surface area contributed by atoms with Gasteiger partial charge in [-0.2, -0.15) is 0 Å². The largest absolute Gasteiger partial charge is 0.493 e. The minimum absolute atomic E-state index is 0.200. The van der Waals surface area contributed by atoms with Crippen molar-refractivity contribution in [3.8, 4) is 23.0 Å². The molecular weight excluding hydrogens is 490 g/mol. The maximum absolute atomic E-state index is 10.8. The molecule has 1 N–H and O–H groups in total. The summed E-state index contributed by atoms with van der Waals surface area (Å²) in [5.41, 5.74) is 3.46. The number of hydrogen-bond acceptors (Lipinski definition) is 6. The molecule has 0 aliphatic carbocycles. The van der Waals surface area contributed by atoms with Crippen molar-refractivity contribution in [3.63, 3.8) is 0 Å². The molecule has 0 saturated heterocycles. The fourth-order valence-corrected chi connectivity index (χ4v) is 4.32.